The Kier molecular flexibility index (Phi) is 6.59. The van der Waals surface area contributed by atoms with Crippen LogP contribution in [0.5, 0.6) is 0 Å². The maximum atomic E-state index is 11.9. The zero-order chi connectivity index (χ0) is 18.2. The first kappa shape index (κ1) is 18.5. The van der Waals surface area contributed by atoms with E-state index in [1.807, 2.05) is 0 Å². The fourth-order valence-corrected chi connectivity index (χ4v) is 2.01. The van der Waals surface area contributed by atoms with Crippen molar-refractivity contribution < 1.29 is 23.5 Å². The van der Waals surface area contributed by atoms with E-state index < -0.39 is 18.5 Å². The zero-order valence-electron chi connectivity index (χ0n) is 13.5. The highest BCUT2D eigenvalue weighted by Crippen LogP contribution is 2.09. The van der Waals surface area contributed by atoms with Gasteiger partial charge in [-0.2, -0.15) is 0 Å². The second-order valence-electron chi connectivity index (χ2n) is 5.18. The quantitative estimate of drug-likeness (QED) is 0.757. The van der Waals surface area contributed by atoms with Crippen LogP contribution in [0.2, 0.25) is 5.02 Å². The molecule has 0 unspecified atom stereocenters. The van der Waals surface area contributed by atoms with Gasteiger partial charge in [0, 0.05) is 17.6 Å². The fourth-order valence-electron chi connectivity index (χ4n) is 1.88. The summed E-state index contributed by atoms with van der Waals surface area (Å²) in [5.74, 6) is -0.900. The monoisotopic (exact) mass is 364 g/mol. The van der Waals surface area contributed by atoms with Crippen molar-refractivity contribution in [2.45, 2.75) is 6.54 Å². The molecule has 0 spiro atoms. The van der Waals surface area contributed by atoms with Gasteiger partial charge in [-0.05, 0) is 36.4 Å². The van der Waals surface area contributed by atoms with Crippen molar-refractivity contribution in [3.05, 3.63) is 59.0 Å². The Morgan fingerprint density at radius 3 is 2.56 bits per heavy atom. The van der Waals surface area contributed by atoms with Crippen molar-refractivity contribution in [2.24, 2.45) is 0 Å². The van der Waals surface area contributed by atoms with E-state index in [1.165, 1.54) is 23.3 Å². The van der Waals surface area contributed by atoms with Crippen LogP contribution in [0, 0.1) is 0 Å². The lowest BCUT2D eigenvalue weighted by Crippen LogP contribution is -2.34. The number of halogens is 1. The number of nitrogens with zero attached hydrogens (tertiary/aromatic N) is 1. The van der Waals surface area contributed by atoms with Crippen LogP contribution in [0.4, 0.5) is 0 Å². The van der Waals surface area contributed by atoms with Gasteiger partial charge in [-0.15, -0.1) is 0 Å². The highest BCUT2D eigenvalue weighted by atomic mass is 35.5. The van der Waals surface area contributed by atoms with E-state index >= 15 is 0 Å². The normalized spacial score (nSPS) is 10.2. The lowest BCUT2D eigenvalue weighted by molar-refractivity contribution is -0.150. The molecule has 0 aliphatic carbocycles. The number of ether oxygens (including phenoxy) is 1. The Labute approximate surface area is 149 Å². The summed E-state index contributed by atoms with van der Waals surface area (Å²) in [4.78, 5) is 36.7. The molecule has 2 aromatic rings. The van der Waals surface area contributed by atoms with E-state index in [4.69, 9.17) is 20.8 Å². The molecule has 132 valence electrons. The summed E-state index contributed by atoms with van der Waals surface area (Å²) in [5.41, 5.74) is 0.367. The highest BCUT2D eigenvalue weighted by molar-refractivity contribution is 6.30. The molecule has 2 rings (SSSR count). The predicted molar refractivity (Wildman–Crippen MR) is 89.9 cm³/mol. The average molecular weight is 365 g/mol. The van der Waals surface area contributed by atoms with Crippen molar-refractivity contribution >= 4 is 29.4 Å². The Morgan fingerprint density at radius 1 is 1.20 bits per heavy atom. The molecule has 0 aliphatic rings. The largest absolute Gasteiger partial charge is 0.467 e. The first-order chi connectivity index (χ1) is 12.0. The molecular weight excluding hydrogens is 348 g/mol. The van der Waals surface area contributed by atoms with E-state index in [2.05, 4.69) is 5.32 Å². The molecule has 25 heavy (non-hydrogen) atoms. The fraction of sp³-hybridized carbons (Fsp3) is 0.235. The minimum absolute atomic E-state index is 0.274. The third-order valence-corrected chi connectivity index (χ3v) is 3.51. The summed E-state index contributed by atoms with van der Waals surface area (Å²) >= 11 is 5.74. The van der Waals surface area contributed by atoms with Crippen LogP contribution in [0.15, 0.2) is 47.1 Å². The molecule has 0 radical (unpaired) electrons. The molecule has 1 heterocycles. The Morgan fingerprint density at radius 2 is 1.92 bits per heavy atom. The van der Waals surface area contributed by atoms with Crippen molar-refractivity contribution in [3.63, 3.8) is 0 Å². The predicted octanol–water partition coefficient (Wildman–Crippen LogP) is 1.86. The summed E-state index contributed by atoms with van der Waals surface area (Å²) in [6, 6.07) is 9.68. The van der Waals surface area contributed by atoms with Gasteiger partial charge in [0.25, 0.3) is 11.8 Å². The number of esters is 1. The number of hydrogen-bond acceptors (Lipinski definition) is 5. The summed E-state index contributed by atoms with van der Waals surface area (Å²) in [6.07, 6.45) is 1.51. The van der Waals surface area contributed by atoms with Gasteiger partial charge < -0.3 is 19.4 Å². The number of carbonyl (C=O) groups excluding carboxylic acids is 3. The third kappa shape index (κ3) is 5.96. The van der Waals surface area contributed by atoms with E-state index in [1.54, 1.807) is 31.3 Å². The number of rotatable bonds is 7. The summed E-state index contributed by atoms with van der Waals surface area (Å²) < 4.78 is 9.99. The molecule has 1 N–H and O–H groups in total. The summed E-state index contributed by atoms with van der Waals surface area (Å²) in [7, 11) is 1.57. The SMILES string of the molecule is CN(Cc1ccco1)C(=O)COC(=O)CNC(=O)c1ccc(Cl)cc1. The van der Waals surface area contributed by atoms with Crippen LogP contribution in [-0.2, 0) is 20.9 Å². The number of amides is 2. The zero-order valence-corrected chi connectivity index (χ0v) is 14.3. The second-order valence-corrected chi connectivity index (χ2v) is 5.62. The molecule has 0 saturated heterocycles. The molecule has 7 nitrogen and oxygen atoms in total. The molecule has 1 aromatic heterocycles. The van der Waals surface area contributed by atoms with E-state index in [0.29, 0.717) is 16.3 Å². The maximum Gasteiger partial charge on any atom is 0.325 e. The van der Waals surface area contributed by atoms with Crippen LogP contribution in [0.1, 0.15) is 16.1 Å². The lowest BCUT2D eigenvalue weighted by atomic mass is 10.2. The topological polar surface area (TPSA) is 88.8 Å². The van der Waals surface area contributed by atoms with Crippen molar-refractivity contribution in [3.8, 4) is 0 Å². The smallest absolute Gasteiger partial charge is 0.325 e. The van der Waals surface area contributed by atoms with E-state index in [9.17, 15) is 14.4 Å². The van der Waals surface area contributed by atoms with Gasteiger partial charge in [-0.1, -0.05) is 11.6 Å². The van der Waals surface area contributed by atoms with Crippen LogP contribution < -0.4 is 5.32 Å². The maximum absolute atomic E-state index is 11.9. The Bertz CT molecular complexity index is 728. The Balaban J connectivity index is 1.70. The summed E-state index contributed by atoms with van der Waals surface area (Å²) in [5, 5.41) is 2.92. The molecule has 0 aliphatic heterocycles. The molecule has 0 saturated carbocycles. The number of furan rings is 1. The summed E-state index contributed by atoms with van der Waals surface area (Å²) in [6.45, 7) is -0.472. The van der Waals surface area contributed by atoms with Crippen molar-refractivity contribution in [2.75, 3.05) is 20.2 Å². The third-order valence-electron chi connectivity index (χ3n) is 3.26. The number of benzene rings is 1. The van der Waals surface area contributed by atoms with Gasteiger partial charge in [0.05, 0.1) is 12.8 Å². The minimum atomic E-state index is -0.706. The highest BCUT2D eigenvalue weighted by Gasteiger charge is 2.14. The van der Waals surface area contributed by atoms with Crippen LogP contribution >= 0.6 is 11.6 Å². The first-order valence-corrected chi connectivity index (χ1v) is 7.79. The average Bonchev–Trinajstić information content (AvgIpc) is 3.11. The molecule has 1 aromatic carbocycles. The van der Waals surface area contributed by atoms with Gasteiger partial charge in [-0.25, -0.2) is 0 Å². The standard InChI is InChI=1S/C17H17ClN2O5/c1-20(10-14-3-2-8-24-14)15(21)11-25-16(22)9-19-17(23)12-4-6-13(18)7-5-12/h2-8H,9-11H2,1H3,(H,19,23). The van der Waals surface area contributed by atoms with Gasteiger partial charge >= 0.3 is 5.97 Å². The number of carbonyl (C=O) groups is 3. The molecule has 2 amide bonds. The number of nitrogens with one attached hydrogen (secondary N) is 1. The van der Waals surface area contributed by atoms with Crippen LogP contribution in [0.3, 0.4) is 0 Å². The van der Waals surface area contributed by atoms with Crippen molar-refractivity contribution in [1.29, 1.82) is 0 Å². The van der Waals surface area contributed by atoms with E-state index in [0.717, 1.165) is 0 Å². The van der Waals surface area contributed by atoms with E-state index in [-0.39, 0.29) is 19.0 Å². The van der Waals surface area contributed by atoms with Crippen LogP contribution in [0.25, 0.3) is 0 Å². The molecular formula is C17H17ClN2O5. The molecule has 8 heteroatoms. The van der Waals surface area contributed by atoms with Gasteiger partial charge in [0.15, 0.2) is 6.61 Å². The Hall–Kier alpha value is -2.80. The molecule has 0 fully saturated rings. The lowest BCUT2D eigenvalue weighted by Gasteiger charge is -2.15. The second kappa shape index (κ2) is 8.89. The van der Waals surface area contributed by atoms with Gasteiger partial charge in [0.2, 0.25) is 0 Å². The molecule has 0 bridgehead atoms. The van der Waals surface area contributed by atoms with Gasteiger partial charge in [-0.3, -0.25) is 14.4 Å². The van der Waals surface area contributed by atoms with Crippen LogP contribution in [-0.4, -0.2) is 42.9 Å². The van der Waals surface area contributed by atoms with Gasteiger partial charge in [0.1, 0.15) is 12.3 Å². The van der Waals surface area contributed by atoms with Crippen molar-refractivity contribution in [1.82, 2.24) is 10.2 Å². The molecule has 0 atom stereocenters. The minimum Gasteiger partial charge on any atom is -0.467 e. The number of likely N-dealkylation sites (N-methyl/N-ethyl adjacent to an activating group) is 1. The first-order valence-electron chi connectivity index (χ1n) is 7.41. The number of hydrogen-bond donors (Lipinski definition) is 1.